The highest BCUT2D eigenvalue weighted by Gasteiger charge is 2.19. The van der Waals surface area contributed by atoms with Gasteiger partial charge in [0.2, 0.25) is 5.91 Å². The predicted octanol–water partition coefficient (Wildman–Crippen LogP) is 2.22. The number of hydrogen-bond donors (Lipinski definition) is 1. The predicted molar refractivity (Wildman–Crippen MR) is 53.6 cm³/mol. The van der Waals surface area contributed by atoms with E-state index >= 15 is 0 Å². The topological polar surface area (TPSA) is 43.1 Å². The number of amides is 1. The molecule has 0 saturated heterocycles. The van der Waals surface area contributed by atoms with E-state index in [2.05, 4.69) is 0 Å². The number of hydrogen-bond acceptors (Lipinski definition) is 1. The summed E-state index contributed by atoms with van der Waals surface area (Å²) in [6.07, 6.45) is 0. The molecule has 0 spiro atoms. The molecule has 14 heavy (non-hydrogen) atoms. The van der Waals surface area contributed by atoms with E-state index in [0.29, 0.717) is 11.1 Å². The molecule has 0 aromatic heterocycles. The lowest BCUT2D eigenvalue weighted by atomic mass is 9.85. The second kappa shape index (κ2) is 3.40. The standard InChI is InChI=1S/C11H14FNO/c1-11(2,3)8-6-7(10(13)14)4-5-9(8)12/h4-6H,1-3H3,(H2,13,14). The average molecular weight is 195 g/mol. The van der Waals surface area contributed by atoms with Crippen LogP contribution in [0.3, 0.4) is 0 Å². The van der Waals surface area contributed by atoms with E-state index in [1.54, 1.807) is 0 Å². The number of benzene rings is 1. The Bertz CT molecular complexity index is 366. The fraction of sp³-hybridized carbons (Fsp3) is 0.364. The lowest BCUT2D eigenvalue weighted by Gasteiger charge is -2.20. The maximum Gasteiger partial charge on any atom is 0.248 e. The highest BCUT2D eigenvalue weighted by Crippen LogP contribution is 2.25. The van der Waals surface area contributed by atoms with Crippen molar-refractivity contribution in [2.24, 2.45) is 5.73 Å². The summed E-state index contributed by atoms with van der Waals surface area (Å²) in [6, 6.07) is 4.19. The number of halogens is 1. The summed E-state index contributed by atoms with van der Waals surface area (Å²) in [4.78, 5) is 10.9. The maximum absolute atomic E-state index is 13.4. The van der Waals surface area contributed by atoms with Crippen molar-refractivity contribution in [2.75, 3.05) is 0 Å². The monoisotopic (exact) mass is 195 g/mol. The second-order valence-electron chi connectivity index (χ2n) is 4.31. The van der Waals surface area contributed by atoms with E-state index in [-0.39, 0.29) is 11.2 Å². The van der Waals surface area contributed by atoms with Crippen LogP contribution in [0.2, 0.25) is 0 Å². The molecule has 0 unspecified atom stereocenters. The molecule has 3 heteroatoms. The van der Waals surface area contributed by atoms with Crippen LogP contribution < -0.4 is 5.73 Å². The second-order valence-corrected chi connectivity index (χ2v) is 4.31. The fourth-order valence-electron chi connectivity index (χ4n) is 1.25. The van der Waals surface area contributed by atoms with Crippen LogP contribution in [-0.2, 0) is 5.41 Å². The summed E-state index contributed by atoms with van der Waals surface area (Å²) in [6.45, 7) is 5.66. The summed E-state index contributed by atoms with van der Waals surface area (Å²) in [5, 5.41) is 0. The third-order valence-corrected chi connectivity index (χ3v) is 2.06. The molecule has 0 aliphatic carbocycles. The number of carbonyl (C=O) groups excluding carboxylic acids is 1. The van der Waals surface area contributed by atoms with Gasteiger partial charge in [-0.3, -0.25) is 4.79 Å². The van der Waals surface area contributed by atoms with Crippen LogP contribution in [0.15, 0.2) is 18.2 Å². The van der Waals surface area contributed by atoms with Gasteiger partial charge < -0.3 is 5.73 Å². The van der Waals surface area contributed by atoms with E-state index in [9.17, 15) is 9.18 Å². The summed E-state index contributed by atoms with van der Waals surface area (Å²) in [7, 11) is 0. The van der Waals surface area contributed by atoms with Crippen molar-refractivity contribution in [3.05, 3.63) is 35.1 Å². The Hall–Kier alpha value is -1.38. The first-order chi connectivity index (χ1) is 6.32. The van der Waals surface area contributed by atoms with Crippen molar-refractivity contribution >= 4 is 5.91 Å². The van der Waals surface area contributed by atoms with Crippen molar-refractivity contribution in [3.8, 4) is 0 Å². The first-order valence-electron chi connectivity index (χ1n) is 4.42. The molecule has 2 N–H and O–H groups in total. The Morgan fingerprint density at radius 1 is 1.36 bits per heavy atom. The van der Waals surface area contributed by atoms with Crippen LogP contribution in [0.1, 0.15) is 36.7 Å². The van der Waals surface area contributed by atoms with Gasteiger partial charge in [0.05, 0.1) is 0 Å². The Morgan fingerprint density at radius 2 is 1.93 bits per heavy atom. The summed E-state index contributed by atoms with van der Waals surface area (Å²) < 4.78 is 13.4. The van der Waals surface area contributed by atoms with Crippen LogP contribution in [-0.4, -0.2) is 5.91 Å². The zero-order chi connectivity index (χ0) is 10.9. The number of nitrogens with two attached hydrogens (primary N) is 1. The SMILES string of the molecule is CC(C)(C)c1cc(C(N)=O)ccc1F. The quantitative estimate of drug-likeness (QED) is 0.733. The third-order valence-electron chi connectivity index (χ3n) is 2.06. The largest absolute Gasteiger partial charge is 0.366 e. The molecule has 1 aromatic rings. The van der Waals surface area contributed by atoms with Crippen molar-refractivity contribution in [3.63, 3.8) is 0 Å². The van der Waals surface area contributed by atoms with Gasteiger partial charge in [0.1, 0.15) is 5.82 Å². The summed E-state index contributed by atoms with van der Waals surface area (Å²) >= 11 is 0. The molecular formula is C11H14FNO. The molecule has 0 aliphatic rings. The number of primary amides is 1. The molecule has 1 aromatic carbocycles. The van der Waals surface area contributed by atoms with Gasteiger partial charge in [-0.2, -0.15) is 0 Å². The lowest BCUT2D eigenvalue weighted by Crippen LogP contribution is -2.17. The molecule has 0 aliphatic heterocycles. The van der Waals surface area contributed by atoms with E-state index in [1.807, 2.05) is 20.8 Å². The molecular weight excluding hydrogens is 181 g/mol. The zero-order valence-corrected chi connectivity index (χ0v) is 8.60. The minimum absolute atomic E-state index is 0.303. The van der Waals surface area contributed by atoms with Crippen molar-refractivity contribution in [2.45, 2.75) is 26.2 Å². The summed E-state index contributed by atoms with van der Waals surface area (Å²) in [5.74, 6) is -0.835. The van der Waals surface area contributed by atoms with Gasteiger partial charge in [-0.25, -0.2) is 4.39 Å². The normalized spacial score (nSPS) is 11.4. The highest BCUT2D eigenvalue weighted by atomic mass is 19.1. The lowest BCUT2D eigenvalue weighted by molar-refractivity contribution is 0.1000. The van der Waals surface area contributed by atoms with Crippen LogP contribution in [0, 0.1) is 5.82 Å². The summed E-state index contributed by atoms with van der Waals surface area (Å²) in [5.41, 5.74) is 5.64. The van der Waals surface area contributed by atoms with Gasteiger partial charge >= 0.3 is 0 Å². The first-order valence-corrected chi connectivity index (χ1v) is 4.42. The van der Waals surface area contributed by atoms with E-state index in [1.165, 1.54) is 18.2 Å². The Kier molecular flexibility index (Phi) is 2.60. The molecule has 1 amide bonds. The minimum atomic E-state index is -0.532. The molecule has 1 rings (SSSR count). The number of rotatable bonds is 1. The van der Waals surface area contributed by atoms with E-state index < -0.39 is 5.91 Å². The highest BCUT2D eigenvalue weighted by molar-refractivity contribution is 5.92. The zero-order valence-electron chi connectivity index (χ0n) is 8.60. The van der Waals surface area contributed by atoms with Crippen LogP contribution in [0.4, 0.5) is 4.39 Å². The van der Waals surface area contributed by atoms with Crippen molar-refractivity contribution in [1.29, 1.82) is 0 Å². The first kappa shape index (κ1) is 10.7. The minimum Gasteiger partial charge on any atom is -0.366 e. The molecule has 0 heterocycles. The molecule has 0 bridgehead atoms. The maximum atomic E-state index is 13.4. The van der Waals surface area contributed by atoms with Gasteiger partial charge in [-0.05, 0) is 29.2 Å². The van der Waals surface area contributed by atoms with E-state index in [4.69, 9.17) is 5.73 Å². The van der Waals surface area contributed by atoms with Crippen molar-refractivity contribution < 1.29 is 9.18 Å². The molecule has 0 radical (unpaired) electrons. The van der Waals surface area contributed by atoms with Gasteiger partial charge in [0.25, 0.3) is 0 Å². The van der Waals surface area contributed by atoms with Gasteiger partial charge in [-0.15, -0.1) is 0 Å². The van der Waals surface area contributed by atoms with Gasteiger partial charge in [0, 0.05) is 5.56 Å². The smallest absolute Gasteiger partial charge is 0.248 e. The van der Waals surface area contributed by atoms with Crippen LogP contribution in [0.5, 0.6) is 0 Å². The van der Waals surface area contributed by atoms with E-state index in [0.717, 1.165) is 0 Å². The Labute approximate surface area is 82.9 Å². The van der Waals surface area contributed by atoms with Crippen molar-refractivity contribution in [1.82, 2.24) is 0 Å². The van der Waals surface area contributed by atoms with Gasteiger partial charge in [-0.1, -0.05) is 20.8 Å². The Balaban J connectivity index is 3.29. The number of carbonyl (C=O) groups is 1. The Morgan fingerprint density at radius 3 is 2.36 bits per heavy atom. The third kappa shape index (κ3) is 2.10. The molecule has 0 saturated carbocycles. The molecule has 0 atom stereocenters. The molecule has 76 valence electrons. The molecule has 0 fully saturated rings. The van der Waals surface area contributed by atoms with Crippen LogP contribution in [0.25, 0.3) is 0 Å². The average Bonchev–Trinajstić information content (AvgIpc) is 2.02. The van der Waals surface area contributed by atoms with Crippen LogP contribution >= 0.6 is 0 Å². The van der Waals surface area contributed by atoms with Gasteiger partial charge in [0.15, 0.2) is 0 Å². The molecule has 2 nitrogen and oxygen atoms in total. The fourth-order valence-corrected chi connectivity index (χ4v) is 1.25.